The van der Waals surface area contributed by atoms with Crippen LogP contribution in [0.3, 0.4) is 0 Å². The average Bonchev–Trinajstić information content (AvgIpc) is 2.90. The molecule has 0 unspecified atom stereocenters. The van der Waals surface area contributed by atoms with Crippen molar-refractivity contribution in [1.82, 2.24) is 5.43 Å². The van der Waals surface area contributed by atoms with Crippen LogP contribution in [0, 0.1) is 0 Å². The summed E-state index contributed by atoms with van der Waals surface area (Å²) in [5, 5.41) is 3.69. The molecule has 3 rings (SSSR count). The van der Waals surface area contributed by atoms with Gasteiger partial charge in [-0.15, -0.1) is 0 Å². The van der Waals surface area contributed by atoms with Gasteiger partial charge in [-0.1, -0.05) is 18.2 Å². The number of rotatable bonds is 3. The van der Waals surface area contributed by atoms with E-state index in [-0.39, 0.29) is 36.4 Å². The minimum absolute atomic E-state index is 0.0161. The Hall–Kier alpha value is -2.70. The first-order valence-electron chi connectivity index (χ1n) is 7.94. The summed E-state index contributed by atoms with van der Waals surface area (Å²) < 4.78 is 5.25. The highest BCUT2D eigenvalue weighted by atomic mass is 16.5. The van der Waals surface area contributed by atoms with Crippen LogP contribution in [0.25, 0.3) is 0 Å². The summed E-state index contributed by atoms with van der Waals surface area (Å²) in [5.41, 5.74) is 4.34. The quantitative estimate of drug-likeness (QED) is 0.843. The maximum absolute atomic E-state index is 12.7. The SMILES string of the molecule is C[C@H](OC(=O)C1=NNC(=O)CC1)C(=O)N1c2ccccc2C[C@H]1C. The van der Waals surface area contributed by atoms with Crippen LogP contribution >= 0.6 is 0 Å². The minimum atomic E-state index is -0.925. The molecule has 0 aliphatic carbocycles. The number of hydrogen-bond acceptors (Lipinski definition) is 5. The van der Waals surface area contributed by atoms with Crippen molar-refractivity contribution in [2.45, 2.75) is 45.3 Å². The van der Waals surface area contributed by atoms with E-state index in [0.29, 0.717) is 0 Å². The Kier molecular flexibility index (Phi) is 4.33. The molecule has 1 aromatic carbocycles. The lowest BCUT2D eigenvalue weighted by Crippen LogP contribution is -2.44. The third-order valence-electron chi connectivity index (χ3n) is 4.22. The Morgan fingerprint density at radius 2 is 2.08 bits per heavy atom. The van der Waals surface area contributed by atoms with Crippen molar-refractivity contribution in [2.24, 2.45) is 5.10 Å². The number of para-hydroxylation sites is 1. The Morgan fingerprint density at radius 3 is 2.79 bits per heavy atom. The van der Waals surface area contributed by atoms with Crippen LogP contribution in [0.2, 0.25) is 0 Å². The second kappa shape index (κ2) is 6.43. The van der Waals surface area contributed by atoms with E-state index in [9.17, 15) is 14.4 Å². The molecule has 7 heteroatoms. The van der Waals surface area contributed by atoms with Gasteiger partial charge in [-0.3, -0.25) is 9.59 Å². The zero-order chi connectivity index (χ0) is 17.3. The predicted molar refractivity (Wildman–Crippen MR) is 87.5 cm³/mol. The number of ether oxygens (including phenoxy) is 1. The lowest BCUT2D eigenvalue weighted by Gasteiger charge is -2.26. The monoisotopic (exact) mass is 329 g/mol. The summed E-state index contributed by atoms with van der Waals surface area (Å²) in [5.74, 6) is -1.17. The molecule has 1 N–H and O–H groups in total. The van der Waals surface area contributed by atoms with Crippen molar-refractivity contribution < 1.29 is 19.1 Å². The molecule has 0 saturated carbocycles. The van der Waals surface area contributed by atoms with Crippen molar-refractivity contribution in [2.75, 3.05) is 4.90 Å². The molecule has 1 aromatic rings. The van der Waals surface area contributed by atoms with Gasteiger partial charge in [-0.05, 0) is 31.9 Å². The number of amides is 2. The largest absolute Gasteiger partial charge is 0.448 e. The van der Waals surface area contributed by atoms with Crippen LogP contribution in [0.15, 0.2) is 29.4 Å². The van der Waals surface area contributed by atoms with E-state index < -0.39 is 12.1 Å². The molecule has 0 bridgehead atoms. The van der Waals surface area contributed by atoms with Crippen LogP contribution in [0.1, 0.15) is 32.3 Å². The highest BCUT2D eigenvalue weighted by molar-refractivity contribution is 6.37. The molecule has 24 heavy (non-hydrogen) atoms. The van der Waals surface area contributed by atoms with Crippen molar-refractivity contribution in [3.8, 4) is 0 Å². The van der Waals surface area contributed by atoms with E-state index in [1.54, 1.807) is 11.8 Å². The van der Waals surface area contributed by atoms with Gasteiger partial charge >= 0.3 is 5.97 Å². The molecule has 2 atom stereocenters. The first-order chi connectivity index (χ1) is 11.5. The van der Waals surface area contributed by atoms with Gasteiger partial charge in [-0.25, -0.2) is 10.2 Å². The normalized spacial score (nSPS) is 20.8. The molecular weight excluding hydrogens is 310 g/mol. The van der Waals surface area contributed by atoms with E-state index in [4.69, 9.17) is 4.74 Å². The zero-order valence-electron chi connectivity index (χ0n) is 13.6. The third kappa shape index (κ3) is 3.02. The minimum Gasteiger partial charge on any atom is -0.448 e. The summed E-state index contributed by atoms with van der Waals surface area (Å²) in [6.45, 7) is 3.52. The predicted octanol–water partition coefficient (Wildman–Crippen LogP) is 1.16. The van der Waals surface area contributed by atoms with Gasteiger partial charge < -0.3 is 9.64 Å². The number of anilines is 1. The van der Waals surface area contributed by atoms with E-state index in [2.05, 4.69) is 10.5 Å². The molecular formula is C17H19N3O4. The standard InChI is InChI=1S/C17H19N3O4/c1-10-9-12-5-3-4-6-14(12)20(10)16(22)11(2)24-17(23)13-7-8-15(21)19-18-13/h3-6,10-11H,7-9H2,1-2H3,(H,19,21)/t10-,11+/m1/s1. The van der Waals surface area contributed by atoms with E-state index in [0.717, 1.165) is 17.7 Å². The fraction of sp³-hybridized carbons (Fsp3) is 0.412. The number of nitrogens with one attached hydrogen (secondary N) is 1. The summed E-state index contributed by atoms with van der Waals surface area (Å²) in [4.78, 5) is 37.6. The van der Waals surface area contributed by atoms with E-state index in [1.165, 1.54) is 0 Å². The van der Waals surface area contributed by atoms with Gasteiger partial charge in [0.05, 0.1) is 0 Å². The number of carbonyl (C=O) groups is 3. The maximum Gasteiger partial charge on any atom is 0.355 e. The fourth-order valence-corrected chi connectivity index (χ4v) is 3.00. The van der Waals surface area contributed by atoms with Crippen LogP contribution < -0.4 is 10.3 Å². The molecule has 2 aliphatic rings. The van der Waals surface area contributed by atoms with Crippen LogP contribution in [-0.4, -0.2) is 35.6 Å². The van der Waals surface area contributed by atoms with Crippen LogP contribution in [0.4, 0.5) is 5.69 Å². The Bertz CT molecular complexity index is 728. The number of carbonyl (C=O) groups excluding carboxylic acids is 3. The highest BCUT2D eigenvalue weighted by Crippen LogP contribution is 2.32. The average molecular weight is 329 g/mol. The summed E-state index contributed by atoms with van der Waals surface area (Å²) in [6, 6.07) is 7.73. The van der Waals surface area contributed by atoms with Crippen LogP contribution in [-0.2, 0) is 25.5 Å². The van der Waals surface area contributed by atoms with Crippen molar-refractivity contribution in [1.29, 1.82) is 0 Å². The second-order valence-electron chi connectivity index (χ2n) is 6.03. The lowest BCUT2D eigenvalue weighted by atomic mass is 10.1. The van der Waals surface area contributed by atoms with Crippen molar-refractivity contribution >= 4 is 29.2 Å². The molecule has 0 fully saturated rings. The van der Waals surface area contributed by atoms with Crippen LogP contribution in [0.5, 0.6) is 0 Å². The van der Waals surface area contributed by atoms with Gasteiger partial charge in [0, 0.05) is 24.6 Å². The number of hydrogen-bond donors (Lipinski definition) is 1. The van der Waals surface area contributed by atoms with Crippen molar-refractivity contribution in [3.63, 3.8) is 0 Å². The number of esters is 1. The smallest absolute Gasteiger partial charge is 0.355 e. The maximum atomic E-state index is 12.7. The molecule has 2 aliphatic heterocycles. The third-order valence-corrected chi connectivity index (χ3v) is 4.22. The summed E-state index contributed by atoms with van der Waals surface area (Å²) >= 11 is 0. The number of hydrazone groups is 1. The molecule has 126 valence electrons. The van der Waals surface area contributed by atoms with Gasteiger partial charge in [-0.2, -0.15) is 5.10 Å². The number of fused-ring (bicyclic) bond motifs is 1. The molecule has 7 nitrogen and oxygen atoms in total. The second-order valence-corrected chi connectivity index (χ2v) is 6.03. The van der Waals surface area contributed by atoms with E-state index >= 15 is 0 Å². The fourth-order valence-electron chi connectivity index (χ4n) is 3.00. The molecule has 2 heterocycles. The molecule has 0 spiro atoms. The molecule has 0 saturated heterocycles. The molecule has 0 aromatic heterocycles. The zero-order valence-corrected chi connectivity index (χ0v) is 13.6. The lowest BCUT2D eigenvalue weighted by molar-refractivity contribution is -0.147. The van der Waals surface area contributed by atoms with Gasteiger partial charge in [0.2, 0.25) is 5.91 Å². The summed E-state index contributed by atoms with van der Waals surface area (Å²) in [7, 11) is 0. The first kappa shape index (κ1) is 16.2. The summed E-state index contributed by atoms with van der Waals surface area (Å²) in [6.07, 6.45) is 0.259. The van der Waals surface area contributed by atoms with Crippen molar-refractivity contribution in [3.05, 3.63) is 29.8 Å². The van der Waals surface area contributed by atoms with Gasteiger partial charge in [0.1, 0.15) is 5.71 Å². The first-order valence-corrected chi connectivity index (χ1v) is 7.94. The Balaban J connectivity index is 1.69. The molecule has 2 amide bonds. The van der Waals surface area contributed by atoms with Gasteiger partial charge in [0.15, 0.2) is 6.10 Å². The highest BCUT2D eigenvalue weighted by Gasteiger charge is 2.35. The Labute approximate surface area is 139 Å². The molecule has 0 radical (unpaired) electrons. The van der Waals surface area contributed by atoms with E-state index in [1.807, 2.05) is 31.2 Å². The number of nitrogens with zero attached hydrogens (tertiary/aromatic N) is 2. The Morgan fingerprint density at radius 1 is 1.33 bits per heavy atom. The topological polar surface area (TPSA) is 88.1 Å². The number of benzene rings is 1. The van der Waals surface area contributed by atoms with Gasteiger partial charge in [0.25, 0.3) is 5.91 Å².